The van der Waals surface area contributed by atoms with Crippen molar-refractivity contribution in [2.45, 2.75) is 30.7 Å². The molecular weight excluding hydrogens is 326 g/mol. The maximum Gasteiger partial charge on any atom is 0.231 e. The summed E-state index contributed by atoms with van der Waals surface area (Å²) in [6, 6.07) is 9.28. The van der Waals surface area contributed by atoms with Crippen LogP contribution in [0, 0.1) is 0 Å². The van der Waals surface area contributed by atoms with Crippen LogP contribution in [0.25, 0.3) is 0 Å². The normalized spacial score (nSPS) is 17.1. The smallest absolute Gasteiger partial charge is 0.231 e. The van der Waals surface area contributed by atoms with Crippen LogP contribution in [0.2, 0.25) is 5.02 Å². The Bertz CT molecular complexity index is 707. The molecule has 0 spiro atoms. The van der Waals surface area contributed by atoms with Gasteiger partial charge in [0, 0.05) is 25.4 Å². The lowest BCUT2D eigenvalue weighted by Crippen LogP contribution is -2.50. The van der Waals surface area contributed by atoms with Crippen LogP contribution in [0.1, 0.15) is 36.6 Å². The van der Waals surface area contributed by atoms with Gasteiger partial charge in [0.25, 0.3) is 0 Å². The van der Waals surface area contributed by atoms with E-state index in [0.717, 1.165) is 30.5 Å². The van der Waals surface area contributed by atoms with Crippen LogP contribution in [-0.2, 0) is 22.0 Å². The van der Waals surface area contributed by atoms with Crippen LogP contribution in [0.4, 0.5) is 0 Å². The zero-order chi connectivity index (χ0) is 17.2. The number of rotatable bonds is 6. The van der Waals surface area contributed by atoms with Crippen molar-refractivity contribution in [1.82, 2.24) is 15.1 Å². The molecule has 5 nitrogen and oxygen atoms in total. The molecule has 1 aliphatic rings. The predicted molar refractivity (Wildman–Crippen MR) is 92.9 cm³/mol. The molecule has 24 heavy (non-hydrogen) atoms. The summed E-state index contributed by atoms with van der Waals surface area (Å²) >= 11 is 5.99. The van der Waals surface area contributed by atoms with Gasteiger partial charge in [-0.25, -0.2) is 0 Å². The highest BCUT2D eigenvalue weighted by atomic mass is 35.5. The summed E-state index contributed by atoms with van der Waals surface area (Å²) in [4.78, 5) is 13.1. The monoisotopic (exact) mass is 347 g/mol. The lowest BCUT2D eigenvalue weighted by Gasteiger charge is -2.41. The van der Waals surface area contributed by atoms with Crippen LogP contribution in [-0.4, -0.2) is 29.4 Å². The van der Waals surface area contributed by atoms with E-state index in [1.165, 1.54) is 0 Å². The van der Waals surface area contributed by atoms with Gasteiger partial charge in [0.15, 0.2) is 0 Å². The van der Waals surface area contributed by atoms with Gasteiger partial charge in [0.1, 0.15) is 0 Å². The van der Waals surface area contributed by atoms with Gasteiger partial charge in [-0.3, -0.25) is 9.48 Å². The number of amides is 1. The number of hydrogen-bond acceptors (Lipinski definition) is 3. The van der Waals surface area contributed by atoms with Gasteiger partial charge < -0.3 is 10.1 Å². The van der Waals surface area contributed by atoms with E-state index in [0.29, 0.717) is 11.6 Å². The Morgan fingerprint density at radius 3 is 2.58 bits per heavy atom. The molecule has 128 valence electrons. The number of nitrogens with zero attached hydrogens (tertiary/aromatic N) is 2. The van der Waals surface area contributed by atoms with Crippen molar-refractivity contribution in [3.63, 3.8) is 0 Å². The molecular formula is C18H22ClN3O2. The first-order valence-corrected chi connectivity index (χ1v) is 8.48. The molecule has 0 saturated heterocycles. The Morgan fingerprint density at radius 1 is 1.38 bits per heavy atom. The fourth-order valence-electron chi connectivity index (χ4n) is 3.34. The molecule has 0 bridgehead atoms. The van der Waals surface area contributed by atoms with E-state index >= 15 is 0 Å². The van der Waals surface area contributed by atoms with E-state index in [4.69, 9.17) is 16.3 Å². The maximum atomic E-state index is 13.1. The second-order valence-electron chi connectivity index (χ2n) is 6.30. The summed E-state index contributed by atoms with van der Waals surface area (Å²) in [7, 11) is 3.50. The van der Waals surface area contributed by atoms with Crippen molar-refractivity contribution in [3.8, 4) is 0 Å². The molecule has 1 atom stereocenters. The lowest BCUT2D eigenvalue weighted by atomic mass is 9.63. The van der Waals surface area contributed by atoms with Crippen LogP contribution >= 0.6 is 11.6 Å². The first kappa shape index (κ1) is 17.0. The molecule has 1 saturated carbocycles. The van der Waals surface area contributed by atoms with Crippen molar-refractivity contribution < 1.29 is 9.53 Å². The first-order chi connectivity index (χ1) is 11.6. The van der Waals surface area contributed by atoms with E-state index in [1.54, 1.807) is 18.0 Å². The molecule has 1 unspecified atom stereocenters. The average Bonchev–Trinajstić information content (AvgIpc) is 2.94. The van der Waals surface area contributed by atoms with Crippen molar-refractivity contribution in [2.75, 3.05) is 13.7 Å². The molecule has 1 aromatic carbocycles. The Morgan fingerprint density at radius 2 is 2.08 bits per heavy atom. The number of hydrogen-bond donors (Lipinski definition) is 1. The van der Waals surface area contributed by atoms with Gasteiger partial charge in [0.05, 0.1) is 23.8 Å². The van der Waals surface area contributed by atoms with Gasteiger partial charge in [-0.05, 0) is 36.6 Å². The number of halogens is 1. The topological polar surface area (TPSA) is 56.1 Å². The number of aryl methyl sites for hydroxylation is 1. The van der Waals surface area contributed by atoms with Crippen LogP contribution in [0.3, 0.4) is 0 Å². The molecule has 1 amide bonds. The summed E-state index contributed by atoms with van der Waals surface area (Å²) in [5.41, 5.74) is 1.49. The van der Waals surface area contributed by atoms with E-state index < -0.39 is 5.41 Å². The van der Waals surface area contributed by atoms with Crippen LogP contribution in [0.15, 0.2) is 36.5 Å². The van der Waals surface area contributed by atoms with E-state index in [9.17, 15) is 4.79 Å². The van der Waals surface area contributed by atoms with Crippen molar-refractivity contribution >= 4 is 17.5 Å². The predicted octanol–water partition coefficient (Wildman–Crippen LogP) is 3.00. The summed E-state index contributed by atoms with van der Waals surface area (Å²) in [6.07, 6.45) is 4.48. The Balaban J connectivity index is 1.83. The van der Waals surface area contributed by atoms with Gasteiger partial charge in [-0.15, -0.1) is 0 Å². The van der Waals surface area contributed by atoms with Gasteiger partial charge in [-0.2, -0.15) is 5.10 Å². The average molecular weight is 348 g/mol. The second-order valence-corrected chi connectivity index (χ2v) is 6.74. The number of carbonyl (C=O) groups is 1. The third-order valence-electron chi connectivity index (χ3n) is 4.89. The summed E-state index contributed by atoms with van der Waals surface area (Å²) in [5.74, 6) is 0.0410. The van der Waals surface area contributed by atoms with Crippen molar-refractivity contribution in [3.05, 3.63) is 52.8 Å². The minimum atomic E-state index is -0.463. The zero-order valence-electron chi connectivity index (χ0n) is 14.0. The number of nitrogens with one attached hydrogen (secondary N) is 1. The molecule has 6 heteroatoms. The Labute approximate surface area is 147 Å². The molecule has 1 heterocycles. The SMILES string of the molecule is COCC(NC(=O)C1(c2ccc(Cl)cc2)CCC1)c1ccnn1C. The maximum absolute atomic E-state index is 13.1. The quantitative estimate of drug-likeness (QED) is 0.874. The van der Waals surface area contributed by atoms with Crippen LogP contribution < -0.4 is 5.32 Å². The molecule has 1 aromatic heterocycles. The third-order valence-corrected chi connectivity index (χ3v) is 5.15. The first-order valence-electron chi connectivity index (χ1n) is 8.11. The van der Waals surface area contributed by atoms with Crippen LogP contribution in [0.5, 0.6) is 0 Å². The zero-order valence-corrected chi connectivity index (χ0v) is 14.7. The third kappa shape index (κ3) is 3.06. The molecule has 2 aromatic rings. The highest BCUT2D eigenvalue weighted by molar-refractivity contribution is 6.30. The fraction of sp³-hybridized carbons (Fsp3) is 0.444. The van der Waals surface area contributed by atoms with Crippen molar-refractivity contribution in [1.29, 1.82) is 0 Å². The molecule has 1 fully saturated rings. The number of aromatic nitrogens is 2. The fourth-order valence-corrected chi connectivity index (χ4v) is 3.46. The summed E-state index contributed by atoms with van der Waals surface area (Å²) < 4.78 is 7.06. The minimum Gasteiger partial charge on any atom is -0.382 e. The number of carbonyl (C=O) groups excluding carboxylic acids is 1. The summed E-state index contributed by atoms with van der Waals surface area (Å²) in [5, 5.41) is 8.03. The molecule has 1 N–H and O–H groups in total. The molecule has 3 rings (SSSR count). The highest BCUT2D eigenvalue weighted by Gasteiger charge is 2.46. The van der Waals surface area contributed by atoms with Gasteiger partial charge in [-0.1, -0.05) is 30.2 Å². The van der Waals surface area contributed by atoms with Crippen molar-refractivity contribution in [2.24, 2.45) is 7.05 Å². The minimum absolute atomic E-state index is 0.0410. The second kappa shape index (κ2) is 6.95. The molecule has 1 aliphatic carbocycles. The summed E-state index contributed by atoms with van der Waals surface area (Å²) in [6.45, 7) is 0.405. The number of ether oxygens (including phenoxy) is 1. The van der Waals surface area contributed by atoms with Gasteiger partial charge in [0.2, 0.25) is 5.91 Å². The van der Waals surface area contributed by atoms with Gasteiger partial charge >= 0.3 is 0 Å². The standard InChI is InChI=1S/C18H22ClN3O2/c1-22-16(8-11-20-22)15(12-24-2)21-17(23)18(9-3-10-18)13-4-6-14(19)7-5-13/h4-8,11,15H,3,9-10,12H2,1-2H3,(H,21,23). The van der Waals surface area contributed by atoms with E-state index in [-0.39, 0.29) is 11.9 Å². The Hall–Kier alpha value is -1.85. The lowest BCUT2D eigenvalue weighted by molar-refractivity contribution is -0.131. The number of benzene rings is 1. The molecule has 0 radical (unpaired) electrons. The Kier molecular flexibility index (Phi) is 4.92. The largest absolute Gasteiger partial charge is 0.382 e. The number of methoxy groups -OCH3 is 1. The molecule has 0 aliphatic heterocycles. The van der Waals surface area contributed by atoms with E-state index in [1.807, 2.05) is 37.4 Å². The van der Waals surface area contributed by atoms with E-state index in [2.05, 4.69) is 10.4 Å². The highest BCUT2D eigenvalue weighted by Crippen LogP contribution is 2.44.